The van der Waals surface area contributed by atoms with Gasteiger partial charge in [-0.3, -0.25) is 4.79 Å². The fourth-order valence-corrected chi connectivity index (χ4v) is 2.60. The number of nitrogens with zero attached hydrogens (tertiary/aromatic N) is 1. The number of aromatic nitrogens is 1. The van der Waals surface area contributed by atoms with Crippen LogP contribution in [0.25, 0.3) is 6.08 Å². The number of hydrogen-bond donors (Lipinski definition) is 1. The van der Waals surface area contributed by atoms with Crippen molar-refractivity contribution < 1.29 is 4.79 Å². The van der Waals surface area contributed by atoms with Crippen molar-refractivity contribution in [2.45, 2.75) is 6.92 Å². The van der Waals surface area contributed by atoms with Crippen molar-refractivity contribution in [1.82, 2.24) is 4.98 Å². The van der Waals surface area contributed by atoms with E-state index in [0.717, 1.165) is 14.0 Å². The molecule has 0 unspecified atom stereocenters. The van der Waals surface area contributed by atoms with Crippen LogP contribution in [0.4, 0.5) is 5.82 Å². The summed E-state index contributed by atoms with van der Waals surface area (Å²) in [6, 6.07) is 5.89. The molecule has 0 aliphatic carbocycles. The summed E-state index contributed by atoms with van der Waals surface area (Å²) in [6.45, 7) is 1.92. The average molecular weight is 370 g/mol. The number of pyridine rings is 1. The Morgan fingerprint density at radius 3 is 3.06 bits per heavy atom. The zero-order valence-corrected chi connectivity index (χ0v) is 12.7. The Labute approximate surface area is 123 Å². The zero-order valence-electron chi connectivity index (χ0n) is 9.68. The van der Waals surface area contributed by atoms with E-state index in [9.17, 15) is 4.79 Å². The van der Waals surface area contributed by atoms with E-state index in [1.54, 1.807) is 23.6 Å². The van der Waals surface area contributed by atoms with Crippen molar-refractivity contribution >= 4 is 51.7 Å². The van der Waals surface area contributed by atoms with Crippen LogP contribution in [0.3, 0.4) is 0 Å². The van der Waals surface area contributed by atoms with Crippen LogP contribution in [0, 0.1) is 10.5 Å². The van der Waals surface area contributed by atoms with Gasteiger partial charge in [-0.25, -0.2) is 4.98 Å². The molecular weight excluding hydrogens is 359 g/mol. The quantitative estimate of drug-likeness (QED) is 0.661. The fraction of sp³-hybridized carbons (Fsp3) is 0.0769. The molecule has 1 amide bonds. The zero-order chi connectivity index (χ0) is 13.0. The fourth-order valence-electron chi connectivity index (χ4n) is 1.37. The molecule has 0 saturated carbocycles. The molecule has 92 valence electrons. The molecule has 3 nitrogen and oxygen atoms in total. The first-order valence-electron chi connectivity index (χ1n) is 5.30. The molecule has 0 spiro atoms. The van der Waals surface area contributed by atoms with E-state index in [0.29, 0.717) is 5.82 Å². The number of anilines is 1. The highest BCUT2D eigenvalue weighted by atomic mass is 127. The van der Waals surface area contributed by atoms with E-state index in [-0.39, 0.29) is 5.91 Å². The number of aryl methyl sites for hydroxylation is 1. The lowest BCUT2D eigenvalue weighted by atomic mass is 10.3. The Kier molecular flexibility index (Phi) is 4.48. The van der Waals surface area contributed by atoms with Gasteiger partial charge in [-0.05, 0) is 58.7 Å². The van der Waals surface area contributed by atoms with E-state index in [4.69, 9.17) is 0 Å². The van der Waals surface area contributed by atoms with Crippen LogP contribution < -0.4 is 5.32 Å². The van der Waals surface area contributed by atoms with Gasteiger partial charge < -0.3 is 5.32 Å². The third-order valence-corrected chi connectivity index (χ3v) is 3.66. The first-order valence-corrected chi connectivity index (χ1v) is 7.26. The molecule has 2 heterocycles. The Hall–Kier alpha value is -1.21. The summed E-state index contributed by atoms with van der Waals surface area (Å²) in [6.07, 6.45) is 5.04. The number of thiophene rings is 1. The molecule has 0 aliphatic heterocycles. The van der Waals surface area contributed by atoms with Gasteiger partial charge in [0, 0.05) is 20.7 Å². The monoisotopic (exact) mass is 370 g/mol. The number of rotatable bonds is 3. The topological polar surface area (TPSA) is 42.0 Å². The molecule has 1 N–H and O–H groups in total. The van der Waals surface area contributed by atoms with Gasteiger partial charge in [0.1, 0.15) is 5.82 Å². The summed E-state index contributed by atoms with van der Waals surface area (Å²) in [5.41, 5.74) is 0.958. The van der Waals surface area contributed by atoms with E-state index in [1.165, 1.54) is 6.08 Å². The van der Waals surface area contributed by atoms with Gasteiger partial charge in [0.2, 0.25) is 5.91 Å². The first kappa shape index (κ1) is 13.2. The maximum atomic E-state index is 11.7. The van der Waals surface area contributed by atoms with Gasteiger partial charge in [0.25, 0.3) is 0 Å². The number of hydrogen-bond acceptors (Lipinski definition) is 3. The second kappa shape index (κ2) is 6.10. The Morgan fingerprint density at radius 2 is 2.39 bits per heavy atom. The predicted molar refractivity (Wildman–Crippen MR) is 83.7 cm³/mol. The molecule has 0 bridgehead atoms. The molecule has 2 aromatic rings. The molecule has 18 heavy (non-hydrogen) atoms. The molecule has 5 heteroatoms. The second-order valence-corrected chi connectivity index (χ2v) is 5.88. The summed E-state index contributed by atoms with van der Waals surface area (Å²) in [4.78, 5) is 17.0. The van der Waals surface area contributed by atoms with Gasteiger partial charge in [-0.1, -0.05) is 6.07 Å². The number of carbonyl (C=O) groups is 1. The maximum Gasteiger partial charge on any atom is 0.249 e. The minimum atomic E-state index is -0.166. The molecule has 0 aliphatic rings. The smallest absolute Gasteiger partial charge is 0.249 e. The summed E-state index contributed by atoms with van der Waals surface area (Å²) >= 11 is 3.78. The Morgan fingerprint density at radius 1 is 1.56 bits per heavy atom. The summed E-state index contributed by atoms with van der Waals surface area (Å²) < 4.78 is 1.05. The first-order chi connectivity index (χ1) is 8.65. The molecule has 2 aromatic heterocycles. The number of amides is 1. The molecule has 0 saturated heterocycles. The van der Waals surface area contributed by atoms with Gasteiger partial charge in [0.05, 0.1) is 0 Å². The third kappa shape index (κ3) is 3.64. The van der Waals surface area contributed by atoms with E-state index >= 15 is 0 Å². The lowest BCUT2D eigenvalue weighted by Crippen LogP contribution is -2.10. The minimum Gasteiger partial charge on any atom is -0.307 e. The Balaban J connectivity index is 2.03. The number of carbonyl (C=O) groups excluding carboxylic acids is 1. The lowest BCUT2D eigenvalue weighted by Gasteiger charge is -2.04. The summed E-state index contributed by atoms with van der Waals surface area (Å²) in [5, 5.41) is 4.74. The normalized spacial score (nSPS) is 10.8. The standard InChI is InChI=1S/C13H11IN2OS/c1-9-7-10(14)8-15-13(9)16-12(17)5-4-11-3-2-6-18-11/h2-8H,1H3,(H,15,16,17)/b5-4+. The van der Waals surface area contributed by atoms with Crippen molar-refractivity contribution in [2.75, 3.05) is 5.32 Å². The second-order valence-electron chi connectivity index (χ2n) is 3.66. The van der Waals surface area contributed by atoms with Crippen molar-refractivity contribution in [1.29, 1.82) is 0 Å². The van der Waals surface area contributed by atoms with Crippen LogP contribution in [-0.4, -0.2) is 10.9 Å². The van der Waals surface area contributed by atoms with Crippen molar-refractivity contribution in [2.24, 2.45) is 0 Å². The van der Waals surface area contributed by atoms with Crippen LogP contribution in [0.15, 0.2) is 35.9 Å². The predicted octanol–water partition coefficient (Wildman–Crippen LogP) is 3.71. The SMILES string of the molecule is Cc1cc(I)cnc1NC(=O)/C=C/c1cccs1. The van der Waals surface area contributed by atoms with E-state index < -0.39 is 0 Å². The minimum absolute atomic E-state index is 0.166. The van der Waals surface area contributed by atoms with Crippen molar-refractivity contribution in [3.8, 4) is 0 Å². The highest BCUT2D eigenvalue weighted by Crippen LogP contribution is 2.14. The average Bonchev–Trinajstić information content (AvgIpc) is 2.83. The number of nitrogens with one attached hydrogen (secondary N) is 1. The van der Waals surface area contributed by atoms with Gasteiger partial charge >= 0.3 is 0 Å². The van der Waals surface area contributed by atoms with Gasteiger partial charge in [-0.15, -0.1) is 11.3 Å². The van der Waals surface area contributed by atoms with E-state index in [1.807, 2.05) is 30.5 Å². The molecule has 2 rings (SSSR count). The van der Waals surface area contributed by atoms with Gasteiger partial charge in [-0.2, -0.15) is 0 Å². The van der Waals surface area contributed by atoms with Crippen LogP contribution in [-0.2, 0) is 4.79 Å². The maximum absolute atomic E-state index is 11.7. The molecule has 0 atom stereocenters. The number of halogens is 1. The van der Waals surface area contributed by atoms with Crippen LogP contribution in [0.1, 0.15) is 10.4 Å². The largest absolute Gasteiger partial charge is 0.307 e. The van der Waals surface area contributed by atoms with Gasteiger partial charge in [0.15, 0.2) is 0 Å². The van der Waals surface area contributed by atoms with Crippen molar-refractivity contribution in [3.63, 3.8) is 0 Å². The Bertz CT molecular complexity index is 579. The molecule has 0 fully saturated rings. The van der Waals surface area contributed by atoms with Crippen LogP contribution in [0.5, 0.6) is 0 Å². The highest BCUT2D eigenvalue weighted by Gasteiger charge is 2.03. The van der Waals surface area contributed by atoms with Crippen LogP contribution >= 0.6 is 33.9 Å². The summed E-state index contributed by atoms with van der Waals surface area (Å²) in [7, 11) is 0. The molecule has 0 aromatic carbocycles. The van der Waals surface area contributed by atoms with Crippen molar-refractivity contribution in [3.05, 3.63) is 49.9 Å². The molecular formula is C13H11IN2OS. The van der Waals surface area contributed by atoms with E-state index in [2.05, 4.69) is 32.9 Å². The lowest BCUT2D eigenvalue weighted by molar-refractivity contribution is -0.111. The highest BCUT2D eigenvalue weighted by molar-refractivity contribution is 14.1. The van der Waals surface area contributed by atoms with Crippen LogP contribution in [0.2, 0.25) is 0 Å². The molecule has 0 radical (unpaired) electrons. The third-order valence-electron chi connectivity index (χ3n) is 2.23. The summed E-state index contributed by atoms with van der Waals surface area (Å²) in [5.74, 6) is 0.441.